The molecule has 0 bridgehead atoms. The molecule has 0 atom stereocenters. The van der Waals surface area contributed by atoms with E-state index >= 15 is 0 Å². The predicted octanol–water partition coefficient (Wildman–Crippen LogP) is 0.124. The normalized spacial score (nSPS) is 14.7. The minimum atomic E-state index is 0.151. The molecule has 0 aliphatic carbocycles. The number of ether oxygens (including phenoxy) is 2. The highest BCUT2D eigenvalue weighted by Crippen LogP contribution is 2.10. The number of amides is 1. The molecule has 2 heterocycles. The van der Waals surface area contributed by atoms with Gasteiger partial charge in [0.1, 0.15) is 0 Å². The van der Waals surface area contributed by atoms with E-state index in [0.717, 1.165) is 38.0 Å². The molecule has 30 heavy (non-hydrogen) atoms. The topological polar surface area (TPSA) is 104 Å². The number of anilines is 1. The number of rotatable bonds is 12. The molecule has 1 amide bonds. The maximum absolute atomic E-state index is 12.5. The second-order valence-electron chi connectivity index (χ2n) is 6.81. The van der Waals surface area contributed by atoms with Crippen LogP contribution in [0.5, 0.6) is 0 Å². The van der Waals surface area contributed by atoms with Crippen LogP contribution in [0, 0.1) is 0 Å². The van der Waals surface area contributed by atoms with Crippen molar-refractivity contribution in [1.82, 2.24) is 25.5 Å². The van der Waals surface area contributed by atoms with Crippen molar-refractivity contribution >= 4 is 17.8 Å². The zero-order valence-electron chi connectivity index (χ0n) is 18.2. The largest absolute Gasteiger partial charge is 0.382 e. The summed E-state index contributed by atoms with van der Waals surface area (Å²) < 4.78 is 10.4. The number of hydrogen-bond donors (Lipinski definition) is 2. The molecular weight excluding hydrogens is 386 g/mol. The molecule has 2 N–H and O–H groups in total. The number of carbonyl (C=O) groups is 1. The molecule has 0 saturated carbocycles. The highest BCUT2D eigenvalue weighted by molar-refractivity contribution is 5.81. The van der Waals surface area contributed by atoms with Gasteiger partial charge in [0.15, 0.2) is 5.96 Å². The van der Waals surface area contributed by atoms with Crippen molar-refractivity contribution < 1.29 is 14.3 Å². The number of methoxy groups -OCH3 is 1. The van der Waals surface area contributed by atoms with E-state index < -0.39 is 0 Å². The number of carbonyl (C=O) groups excluding carboxylic acids is 1. The summed E-state index contributed by atoms with van der Waals surface area (Å²) in [5, 5.41) is 6.44. The Bertz CT molecular complexity index is 622. The summed E-state index contributed by atoms with van der Waals surface area (Å²) >= 11 is 0. The van der Waals surface area contributed by atoms with E-state index in [1.165, 1.54) is 0 Å². The molecular formula is C20H35N7O3. The van der Waals surface area contributed by atoms with Gasteiger partial charge in [-0.2, -0.15) is 0 Å². The standard InChI is InChI=1S/C20H35N7O3/c1-3-21-19(22-9-5-15-30-17-16-29-2)23-10-6-18(28)26-11-13-27(14-12-26)20-24-7-4-8-25-20/h4,7-8H,3,5-6,9-17H2,1-2H3,(H2,21,22,23). The van der Waals surface area contributed by atoms with Gasteiger partial charge in [0, 0.05) is 78.3 Å². The van der Waals surface area contributed by atoms with E-state index in [0.29, 0.717) is 52.4 Å². The van der Waals surface area contributed by atoms with Crippen LogP contribution in [0.25, 0.3) is 0 Å². The number of aliphatic imine (C=N–C) groups is 1. The van der Waals surface area contributed by atoms with Crippen LogP contribution in [0.15, 0.2) is 23.5 Å². The van der Waals surface area contributed by atoms with E-state index in [1.54, 1.807) is 25.6 Å². The monoisotopic (exact) mass is 421 g/mol. The summed E-state index contributed by atoms with van der Waals surface area (Å²) in [4.78, 5) is 29.6. The van der Waals surface area contributed by atoms with Gasteiger partial charge in [0.05, 0.1) is 13.2 Å². The Balaban J connectivity index is 1.63. The number of hydrogen-bond acceptors (Lipinski definition) is 7. The van der Waals surface area contributed by atoms with Crippen LogP contribution in [0.3, 0.4) is 0 Å². The first kappa shape index (κ1) is 23.8. The van der Waals surface area contributed by atoms with Gasteiger partial charge in [-0.15, -0.1) is 0 Å². The number of piperazine rings is 1. The number of nitrogens with one attached hydrogen (secondary N) is 2. The van der Waals surface area contributed by atoms with Crippen molar-refractivity contribution in [1.29, 1.82) is 0 Å². The van der Waals surface area contributed by atoms with Crippen LogP contribution in [0.4, 0.5) is 5.95 Å². The van der Waals surface area contributed by atoms with Gasteiger partial charge < -0.3 is 29.9 Å². The van der Waals surface area contributed by atoms with Crippen molar-refractivity contribution in [3.05, 3.63) is 18.5 Å². The van der Waals surface area contributed by atoms with Crippen LogP contribution >= 0.6 is 0 Å². The van der Waals surface area contributed by atoms with Gasteiger partial charge in [0.25, 0.3) is 0 Å². The fourth-order valence-corrected chi connectivity index (χ4v) is 3.00. The number of guanidine groups is 1. The van der Waals surface area contributed by atoms with E-state index in [9.17, 15) is 4.79 Å². The molecule has 10 heteroatoms. The Labute approximate surface area is 179 Å². The summed E-state index contributed by atoms with van der Waals surface area (Å²) in [5.74, 6) is 1.61. The quantitative estimate of drug-likeness (QED) is 0.279. The highest BCUT2D eigenvalue weighted by atomic mass is 16.5. The summed E-state index contributed by atoms with van der Waals surface area (Å²) in [6.45, 7) is 8.76. The molecule has 1 aromatic heterocycles. The molecule has 168 valence electrons. The van der Waals surface area contributed by atoms with Gasteiger partial charge in [-0.1, -0.05) is 0 Å². The molecule has 0 aromatic carbocycles. The predicted molar refractivity (Wildman–Crippen MR) is 117 cm³/mol. The van der Waals surface area contributed by atoms with Crippen molar-refractivity contribution in [2.45, 2.75) is 19.8 Å². The van der Waals surface area contributed by atoms with Gasteiger partial charge in [-0.25, -0.2) is 9.97 Å². The summed E-state index contributed by atoms with van der Waals surface area (Å²) in [7, 11) is 1.66. The van der Waals surface area contributed by atoms with Gasteiger partial charge in [0.2, 0.25) is 11.9 Å². The molecule has 1 fully saturated rings. The van der Waals surface area contributed by atoms with Crippen LogP contribution in [0.1, 0.15) is 19.8 Å². The van der Waals surface area contributed by atoms with Crippen molar-refractivity contribution in [3.63, 3.8) is 0 Å². The van der Waals surface area contributed by atoms with Crippen molar-refractivity contribution in [2.24, 2.45) is 4.99 Å². The molecule has 2 rings (SSSR count). The lowest BCUT2D eigenvalue weighted by Gasteiger charge is -2.34. The fraction of sp³-hybridized carbons (Fsp3) is 0.700. The second-order valence-corrected chi connectivity index (χ2v) is 6.81. The first-order valence-corrected chi connectivity index (χ1v) is 10.6. The Morgan fingerprint density at radius 3 is 2.60 bits per heavy atom. The van der Waals surface area contributed by atoms with E-state index in [4.69, 9.17) is 9.47 Å². The van der Waals surface area contributed by atoms with Crippen LogP contribution in [-0.2, 0) is 14.3 Å². The maximum atomic E-state index is 12.5. The molecule has 0 radical (unpaired) electrons. The lowest BCUT2D eigenvalue weighted by Crippen LogP contribution is -2.50. The smallest absolute Gasteiger partial charge is 0.225 e. The van der Waals surface area contributed by atoms with Crippen molar-refractivity contribution in [3.8, 4) is 0 Å². The van der Waals surface area contributed by atoms with E-state index in [-0.39, 0.29) is 5.91 Å². The van der Waals surface area contributed by atoms with Crippen LogP contribution in [-0.4, -0.2) is 99.5 Å². The fourth-order valence-electron chi connectivity index (χ4n) is 3.00. The number of nitrogens with zero attached hydrogens (tertiary/aromatic N) is 5. The van der Waals surface area contributed by atoms with Crippen LogP contribution in [0.2, 0.25) is 0 Å². The van der Waals surface area contributed by atoms with E-state index in [1.807, 2.05) is 11.8 Å². The Hall–Kier alpha value is -2.46. The second kappa shape index (κ2) is 14.5. The third-order valence-corrected chi connectivity index (χ3v) is 4.59. The zero-order chi connectivity index (χ0) is 21.4. The molecule has 1 aliphatic heterocycles. The van der Waals surface area contributed by atoms with Gasteiger partial charge >= 0.3 is 0 Å². The molecule has 1 saturated heterocycles. The first-order valence-electron chi connectivity index (χ1n) is 10.6. The molecule has 0 unspecified atom stereocenters. The van der Waals surface area contributed by atoms with Gasteiger partial charge in [-0.05, 0) is 19.4 Å². The molecule has 1 aliphatic rings. The average molecular weight is 422 g/mol. The Kier molecular flexibility index (Phi) is 11.5. The molecule has 0 spiro atoms. The minimum absolute atomic E-state index is 0.151. The summed E-state index contributed by atoms with van der Waals surface area (Å²) in [6.07, 6.45) is 4.76. The third kappa shape index (κ3) is 8.91. The lowest BCUT2D eigenvalue weighted by molar-refractivity contribution is -0.131. The Morgan fingerprint density at radius 1 is 1.13 bits per heavy atom. The third-order valence-electron chi connectivity index (χ3n) is 4.59. The summed E-state index contributed by atoms with van der Waals surface area (Å²) in [5.41, 5.74) is 0. The summed E-state index contributed by atoms with van der Waals surface area (Å²) in [6, 6.07) is 1.80. The van der Waals surface area contributed by atoms with Gasteiger partial charge in [-0.3, -0.25) is 9.79 Å². The number of aromatic nitrogens is 2. The minimum Gasteiger partial charge on any atom is -0.382 e. The first-order chi connectivity index (χ1) is 14.7. The molecule has 10 nitrogen and oxygen atoms in total. The average Bonchev–Trinajstić information content (AvgIpc) is 2.79. The zero-order valence-corrected chi connectivity index (χ0v) is 18.2. The lowest BCUT2D eigenvalue weighted by atomic mass is 10.3. The molecule has 1 aromatic rings. The maximum Gasteiger partial charge on any atom is 0.225 e. The van der Waals surface area contributed by atoms with E-state index in [2.05, 4.69) is 30.5 Å². The van der Waals surface area contributed by atoms with Crippen LogP contribution < -0.4 is 15.5 Å². The Morgan fingerprint density at radius 2 is 1.90 bits per heavy atom. The SMILES string of the molecule is CCNC(=NCCCOCCOC)NCCC(=O)N1CCN(c2ncccn2)CC1. The van der Waals surface area contributed by atoms with Crippen molar-refractivity contribution in [2.75, 3.05) is 77.6 Å². The highest BCUT2D eigenvalue weighted by Gasteiger charge is 2.22.